The third-order valence-electron chi connectivity index (χ3n) is 1.21. The van der Waals surface area contributed by atoms with E-state index in [1.165, 1.54) is 6.92 Å². The van der Waals surface area contributed by atoms with Crippen molar-refractivity contribution in [2.24, 2.45) is 0 Å². The first-order valence-corrected chi connectivity index (χ1v) is 3.92. The van der Waals surface area contributed by atoms with Crippen LogP contribution in [0.2, 0.25) is 0 Å². The number of carbonyl (C=O) groups is 2. The summed E-state index contributed by atoms with van der Waals surface area (Å²) in [4.78, 5) is 25.8. The summed E-state index contributed by atoms with van der Waals surface area (Å²) in [6.45, 7) is 3.51. The maximum Gasteiger partial charge on any atom is 0.327 e. The summed E-state index contributed by atoms with van der Waals surface area (Å²) in [6, 6.07) is -0.955. The van der Waals surface area contributed by atoms with E-state index in [0.717, 1.165) is 0 Å². The number of amides is 1. The van der Waals surface area contributed by atoms with Crippen molar-refractivity contribution in [3.63, 3.8) is 0 Å². The highest BCUT2D eigenvalue weighted by Gasteiger charge is 2.17. The molecule has 76 valence electrons. The van der Waals surface area contributed by atoms with Gasteiger partial charge in [-0.05, 0) is 6.92 Å². The van der Waals surface area contributed by atoms with Crippen LogP contribution in [0.15, 0.2) is 0 Å². The molecule has 0 aliphatic rings. The second-order valence-corrected chi connectivity index (χ2v) is 2.37. The van der Waals surface area contributed by atoms with Crippen LogP contribution < -0.4 is 10.8 Å². The van der Waals surface area contributed by atoms with E-state index >= 15 is 0 Å². The summed E-state index contributed by atoms with van der Waals surface area (Å²) in [5, 5.41) is 10.9. The van der Waals surface area contributed by atoms with Crippen LogP contribution in [-0.4, -0.2) is 36.2 Å². The van der Waals surface area contributed by atoms with Gasteiger partial charge in [-0.2, -0.15) is 5.48 Å². The first kappa shape index (κ1) is 11.9. The Balaban J connectivity index is 3.81. The van der Waals surface area contributed by atoms with E-state index in [1.54, 1.807) is 6.92 Å². The summed E-state index contributed by atoms with van der Waals surface area (Å²) in [5.74, 6) is -1.48. The molecule has 6 nitrogen and oxygen atoms in total. The maximum absolute atomic E-state index is 10.5. The van der Waals surface area contributed by atoms with Gasteiger partial charge in [-0.15, -0.1) is 0 Å². The van der Waals surface area contributed by atoms with E-state index in [2.05, 4.69) is 10.8 Å². The molecule has 6 heteroatoms. The fourth-order valence-corrected chi connectivity index (χ4v) is 0.690. The van der Waals surface area contributed by atoms with Gasteiger partial charge in [0.2, 0.25) is 5.91 Å². The van der Waals surface area contributed by atoms with Crippen LogP contribution in [0.1, 0.15) is 13.8 Å². The lowest BCUT2D eigenvalue weighted by Crippen LogP contribution is -2.46. The number of carboxylic acids is 1. The summed E-state index contributed by atoms with van der Waals surface area (Å²) >= 11 is 0. The molecule has 0 bridgehead atoms. The van der Waals surface area contributed by atoms with Crippen LogP contribution in [0.3, 0.4) is 0 Å². The average Bonchev–Trinajstić information content (AvgIpc) is 2.02. The number of rotatable bonds is 6. The Morgan fingerprint density at radius 2 is 2.15 bits per heavy atom. The second kappa shape index (κ2) is 6.38. The molecule has 1 amide bonds. The Morgan fingerprint density at radius 1 is 1.54 bits per heavy atom. The van der Waals surface area contributed by atoms with Gasteiger partial charge < -0.3 is 15.3 Å². The Hall–Kier alpha value is -1.14. The number of carboxylic acid groups (broad SMARTS) is 1. The number of nitrogens with one attached hydrogen (secondary N) is 2. The van der Waals surface area contributed by atoms with Gasteiger partial charge in [0, 0.05) is 6.92 Å². The average molecular weight is 190 g/mol. The summed E-state index contributed by atoms with van der Waals surface area (Å²) in [6.07, 6.45) is 0. The van der Waals surface area contributed by atoms with Crippen molar-refractivity contribution in [2.75, 3.05) is 13.2 Å². The molecule has 0 rings (SSSR count). The Kier molecular flexibility index (Phi) is 5.82. The van der Waals surface area contributed by atoms with Crippen molar-refractivity contribution in [2.45, 2.75) is 19.9 Å². The van der Waals surface area contributed by atoms with Gasteiger partial charge in [-0.3, -0.25) is 4.79 Å². The van der Waals surface area contributed by atoms with E-state index in [9.17, 15) is 9.59 Å². The number of hydrogen-bond donors (Lipinski definition) is 3. The van der Waals surface area contributed by atoms with E-state index in [4.69, 9.17) is 9.94 Å². The summed E-state index contributed by atoms with van der Waals surface area (Å²) in [7, 11) is 0. The summed E-state index contributed by atoms with van der Waals surface area (Å²) < 4.78 is 0. The first-order chi connectivity index (χ1) is 6.07. The van der Waals surface area contributed by atoms with Crippen LogP contribution >= 0.6 is 0 Å². The monoisotopic (exact) mass is 190 g/mol. The smallest absolute Gasteiger partial charge is 0.327 e. The standard InChI is InChI=1S/C7H14N2O4/c1-3-13-8-4-6(7(11)12)9-5(2)10/h6,8H,3-4H2,1-2H3,(H,9,10)(H,11,12). The van der Waals surface area contributed by atoms with Gasteiger partial charge in [0.1, 0.15) is 6.04 Å². The van der Waals surface area contributed by atoms with Gasteiger partial charge in [0.05, 0.1) is 13.2 Å². The third-order valence-corrected chi connectivity index (χ3v) is 1.21. The molecule has 0 radical (unpaired) electrons. The van der Waals surface area contributed by atoms with Crippen molar-refractivity contribution in [1.29, 1.82) is 0 Å². The van der Waals surface area contributed by atoms with Crippen LogP contribution in [0.25, 0.3) is 0 Å². The first-order valence-electron chi connectivity index (χ1n) is 3.92. The van der Waals surface area contributed by atoms with Crippen molar-refractivity contribution in [3.8, 4) is 0 Å². The van der Waals surface area contributed by atoms with Crippen molar-refractivity contribution in [1.82, 2.24) is 10.8 Å². The van der Waals surface area contributed by atoms with E-state index in [1.807, 2.05) is 0 Å². The molecule has 0 aromatic rings. The van der Waals surface area contributed by atoms with Crippen molar-refractivity contribution < 1.29 is 19.5 Å². The molecule has 1 unspecified atom stereocenters. The fraction of sp³-hybridized carbons (Fsp3) is 0.714. The van der Waals surface area contributed by atoms with Gasteiger partial charge in [-0.25, -0.2) is 4.79 Å². The highest BCUT2D eigenvalue weighted by Crippen LogP contribution is 1.82. The number of aliphatic carboxylic acids is 1. The molecule has 0 aromatic heterocycles. The minimum Gasteiger partial charge on any atom is -0.480 e. The van der Waals surface area contributed by atoms with Crippen molar-refractivity contribution in [3.05, 3.63) is 0 Å². The SMILES string of the molecule is CCONCC(NC(C)=O)C(=O)O. The molecule has 13 heavy (non-hydrogen) atoms. The quantitative estimate of drug-likeness (QED) is 0.374. The molecule has 0 fully saturated rings. The second-order valence-electron chi connectivity index (χ2n) is 2.37. The lowest BCUT2D eigenvalue weighted by atomic mass is 10.3. The minimum absolute atomic E-state index is 0.0444. The molecule has 0 heterocycles. The fourth-order valence-electron chi connectivity index (χ4n) is 0.690. The molecular formula is C7H14N2O4. The zero-order valence-electron chi connectivity index (χ0n) is 7.66. The molecule has 0 aromatic carbocycles. The van der Waals surface area contributed by atoms with E-state index in [0.29, 0.717) is 6.61 Å². The van der Waals surface area contributed by atoms with Gasteiger partial charge in [0.25, 0.3) is 0 Å². The lowest BCUT2D eigenvalue weighted by molar-refractivity contribution is -0.142. The number of carbonyl (C=O) groups excluding carboxylic acids is 1. The van der Waals surface area contributed by atoms with Crippen LogP contribution in [0.4, 0.5) is 0 Å². The third kappa shape index (κ3) is 6.06. The van der Waals surface area contributed by atoms with Gasteiger partial charge in [0.15, 0.2) is 0 Å². The van der Waals surface area contributed by atoms with Crippen molar-refractivity contribution >= 4 is 11.9 Å². The predicted molar refractivity (Wildman–Crippen MR) is 44.9 cm³/mol. The topological polar surface area (TPSA) is 87.7 Å². The highest BCUT2D eigenvalue weighted by atomic mass is 16.6. The number of hydrogen-bond acceptors (Lipinski definition) is 4. The maximum atomic E-state index is 10.5. The molecule has 3 N–H and O–H groups in total. The van der Waals surface area contributed by atoms with Crippen LogP contribution in [0, 0.1) is 0 Å². The predicted octanol–water partition coefficient (Wildman–Crippen LogP) is -0.883. The molecular weight excluding hydrogens is 176 g/mol. The molecule has 0 aliphatic carbocycles. The molecule has 0 spiro atoms. The Bertz CT molecular complexity index is 183. The van der Waals surface area contributed by atoms with E-state index in [-0.39, 0.29) is 12.5 Å². The Labute approximate surface area is 76.2 Å². The summed E-state index contributed by atoms with van der Waals surface area (Å²) in [5.41, 5.74) is 2.43. The molecule has 0 saturated heterocycles. The molecule has 0 aliphatic heterocycles. The van der Waals surface area contributed by atoms with Crippen LogP contribution in [-0.2, 0) is 14.4 Å². The molecule has 1 atom stereocenters. The number of hydroxylamine groups is 1. The normalized spacial score (nSPS) is 12.2. The Morgan fingerprint density at radius 3 is 2.54 bits per heavy atom. The highest BCUT2D eigenvalue weighted by molar-refractivity contribution is 5.82. The van der Waals surface area contributed by atoms with E-state index < -0.39 is 12.0 Å². The van der Waals surface area contributed by atoms with Gasteiger partial charge in [-0.1, -0.05) is 0 Å². The van der Waals surface area contributed by atoms with Crippen LogP contribution in [0.5, 0.6) is 0 Å². The van der Waals surface area contributed by atoms with Gasteiger partial charge >= 0.3 is 5.97 Å². The molecule has 0 saturated carbocycles. The minimum atomic E-state index is -1.09. The zero-order valence-corrected chi connectivity index (χ0v) is 7.66. The largest absolute Gasteiger partial charge is 0.480 e. The lowest BCUT2D eigenvalue weighted by Gasteiger charge is -2.13. The zero-order chi connectivity index (χ0) is 10.3.